The maximum absolute atomic E-state index is 6.22. The summed E-state index contributed by atoms with van der Waals surface area (Å²) in [4.78, 5) is 2.63. The second kappa shape index (κ2) is 7.94. The second-order valence-electron chi connectivity index (χ2n) is 7.97. The Kier molecular flexibility index (Phi) is 6.51. The van der Waals surface area contributed by atoms with Gasteiger partial charge >= 0.3 is 0 Å². The molecule has 21 heavy (non-hydrogen) atoms. The lowest BCUT2D eigenvalue weighted by Gasteiger charge is -2.39. The van der Waals surface area contributed by atoms with Crippen LogP contribution in [-0.4, -0.2) is 49.8 Å². The number of ether oxygens (including phenoxy) is 1. The Morgan fingerprint density at radius 3 is 2.48 bits per heavy atom. The predicted molar refractivity (Wildman–Crippen MR) is 89.7 cm³/mol. The molecule has 124 valence electrons. The first-order valence-corrected chi connectivity index (χ1v) is 9.09. The van der Waals surface area contributed by atoms with Crippen LogP contribution in [0.15, 0.2) is 0 Å². The summed E-state index contributed by atoms with van der Waals surface area (Å²) < 4.78 is 6.22. The van der Waals surface area contributed by atoms with Gasteiger partial charge < -0.3 is 15.0 Å². The van der Waals surface area contributed by atoms with Crippen LogP contribution in [0.25, 0.3) is 0 Å². The minimum absolute atomic E-state index is 0.444. The molecule has 0 saturated carbocycles. The Hall–Kier alpha value is -0.120. The Morgan fingerprint density at radius 2 is 1.86 bits per heavy atom. The van der Waals surface area contributed by atoms with E-state index in [2.05, 4.69) is 37.9 Å². The van der Waals surface area contributed by atoms with Gasteiger partial charge in [-0.3, -0.25) is 0 Å². The molecule has 0 bridgehead atoms. The van der Waals surface area contributed by atoms with Crippen LogP contribution < -0.4 is 5.32 Å². The molecule has 2 atom stereocenters. The van der Waals surface area contributed by atoms with Gasteiger partial charge in [-0.05, 0) is 56.7 Å². The van der Waals surface area contributed by atoms with Crippen molar-refractivity contribution in [1.29, 1.82) is 0 Å². The van der Waals surface area contributed by atoms with E-state index < -0.39 is 0 Å². The first kappa shape index (κ1) is 17.2. The number of rotatable bonds is 7. The van der Waals surface area contributed by atoms with Crippen LogP contribution >= 0.6 is 0 Å². The highest BCUT2D eigenvalue weighted by Crippen LogP contribution is 2.34. The van der Waals surface area contributed by atoms with Crippen molar-refractivity contribution in [3.8, 4) is 0 Å². The largest absolute Gasteiger partial charge is 0.372 e. The number of nitrogens with zero attached hydrogens (tertiary/aromatic N) is 1. The molecule has 1 N–H and O–H groups in total. The van der Waals surface area contributed by atoms with Gasteiger partial charge in [-0.15, -0.1) is 0 Å². The normalized spacial score (nSPS) is 30.1. The van der Waals surface area contributed by atoms with Gasteiger partial charge in [0.25, 0.3) is 0 Å². The maximum Gasteiger partial charge on any atom is 0.0707 e. The molecule has 0 amide bonds. The van der Waals surface area contributed by atoms with Crippen molar-refractivity contribution in [2.24, 2.45) is 11.3 Å². The second-order valence-corrected chi connectivity index (χ2v) is 7.97. The molecule has 0 aromatic rings. The monoisotopic (exact) mass is 296 g/mol. The van der Waals surface area contributed by atoms with Gasteiger partial charge in [0.15, 0.2) is 0 Å². The molecule has 2 fully saturated rings. The minimum atomic E-state index is 0.444. The van der Waals surface area contributed by atoms with Crippen LogP contribution in [0.5, 0.6) is 0 Å². The molecular weight excluding hydrogens is 260 g/mol. The zero-order valence-corrected chi connectivity index (χ0v) is 14.7. The summed E-state index contributed by atoms with van der Waals surface area (Å²) in [6, 6.07) is 0. The molecule has 3 nitrogen and oxygen atoms in total. The topological polar surface area (TPSA) is 24.5 Å². The Bertz CT molecular complexity index is 298. The summed E-state index contributed by atoms with van der Waals surface area (Å²) in [7, 11) is 0. The Labute approximate surface area is 131 Å². The zero-order valence-electron chi connectivity index (χ0n) is 14.7. The van der Waals surface area contributed by atoms with E-state index in [4.69, 9.17) is 4.74 Å². The molecule has 2 rings (SSSR count). The molecule has 2 aliphatic heterocycles. The van der Waals surface area contributed by atoms with E-state index in [1.165, 1.54) is 45.2 Å². The van der Waals surface area contributed by atoms with Crippen molar-refractivity contribution >= 4 is 0 Å². The fourth-order valence-corrected chi connectivity index (χ4v) is 3.51. The standard InChI is InChI=1S/C18H36N2O/c1-5-18(4)8-10-20(11-9-18)14-17-7-6-16(21-17)13-19-12-15(2)3/h15-17,19H,5-14H2,1-4H3. The third-order valence-electron chi connectivity index (χ3n) is 5.50. The number of likely N-dealkylation sites (tertiary alicyclic amines) is 1. The third kappa shape index (κ3) is 5.54. The van der Waals surface area contributed by atoms with Gasteiger partial charge in [0.1, 0.15) is 0 Å². The van der Waals surface area contributed by atoms with Crippen LogP contribution in [0.4, 0.5) is 0 Å². The molecule has 2 unspecified atom stereocenters. The number of piperidine rings is 1. The summed E-state index contributed by atoms with van der Waals surface area (Å²) in [6.07, 6.45) is 7.43. The van der Waals surface area contributed by atoms with Crippen molar-refractivity contribution in [3.05, 3.63) is 0 Å². The Morgan fingerprint density at radius 1 is 1.19 bits per heavy atom. The molecule has 2 heterocycles. The van der Waals surface area contributed by atoms with Crippen molar-refractivity contribution in [2.75, 3.05) is 32.7 Å². The molecule has 0 radical (unpaired) electrons. The van der Waals surface area contributed by atoms with E-state index in [9.17, 15) is 0 Å². The molecule has 2 aliphatic rings. The summed E-state index contributed by atoms with van der Waals surface area (Å²) in [5.74, 6) is 0.725. The average Bonchev–Trinajstić information content (AvgIpc) is 2.89. The lowest BCUT2D eigenvalue weighted by Crippen LogP contribution is -2.42. The lowest BCUT2D eigenvalue weighted by atomic mass is 9.78. The van der Waals surface area contributed by atoms with E-state index in [0.29, 0.717) is 17.6 Å². The number of hydrogen-bond acceptors (Lipinski definition) is 3. The van der Waals surface area contributed by atoms with E-state index in [1.807, 2.05) is 0 Å². The summed E-state index contributed by atoms with van der Waals surface area (Å²) in [5, 5.41) is 3.53. The highest BCUT2D eigenvalue weighted by molar-refractivity contribution is 4.84. The lowest BCUT2D eigenvalue weighted by molar-refractivity contribution is 0.00910. The number of nitrogens with one attached hydrogen (secondary N) is 1. The highest BCUT2D eigenvalue weighted by Gasteiger charge is 2.31. The van der Waals surface area contributed by atoms with Crippen LogP contribution in [0.1, 0.15) is 59.8 Å². The van der Waals surface area contributed by atoms with Crippen molar-refractivity contribution in [3.63, 3.8) is 0 Å². The van der Waals surface area contributed by atoms with Gasteiger partial charge in [-0.2, -0.15) is 0 Å². The van der Waals surface area contributed by atoms with Crippen LogP contribution in [0.2, 0.25) is 0 Å². The first-order valence-electron chi connectivity index (χ1n) is 9.09. The molecule has 2 saturated heterocycles. The zero-order chi connectivity index (χ0) is 15.3. The van der Waals surface area contributed by atoms with E-state index in [1.54, 1.807) is 0 Å². The Balaban J connectivity index is 1.62. The molecule has 0 aromatic carbocycles. The van der Waals surface area contributed by atoms with Crippen LogP contribution in [0.3, 0.4) is 0 Å². The van der Waals surface area contributed by atoms with Gasteiger partial charge in [0.2, 0.25) is 0 Å². The van der Waals surface area contributed by atoms with Gasteiger partial charge in [-0.1, -0.05) is 34.1 Å². The number of hydrogen-bond donors (Lipinski definition) is 1. The molecular formula is C18H36N2O. The van der Waals surface area contributed by atoms with Crippen molar-refractivity contribution < 1.29 is 4.74 Å². The third-order valence-corrected chi connectivity index (χ3v) is 5.50. The molecule has 0 spiro atoms. The first-order chi connectivity index (χ1) is 10.0. The van der Waals surface area contributed by atoms with E-state index in [-0.39, 0.29) is 0 Å². The molecule has 3 heteroatoms. The summed E-state index contributed by atoms with van der Waals surface area (Å²) in [5.41, 5.74) is 0.594. The average molecular weight is 296 g/mol. The fourth-order valence-electron chi connectivity index (χ4n) is 3.51. The van der Waals surface area contributed by atoms with Crippen molar-refractivity contribution in [2.45, 2.75) is 72.0 Å². The van der Waals surface area contributed by atoms with Crippen molar-refractivity contribution in [1.82, 2.24) is 10.2 Å². The van der Waals surface area contributed by atoms with Crippen LogP contribution in [0, 0.1) is 11.3 Å². The smallest absolute Gasteiger partial charge is 0.0707 e. The summed E-state index contributed by atoms with van der Waals surface area (Å²) in [6.45, 7) is 15.1. The fraction of sp³-hybridized carbons (Fsp3) is 1.00. The van der Waals surface area contributed by atoms with Crippen LogP contribution in [-0.2, 0) is 4.74 Å². The highest BCUT2D eigenvalue weighted by atomic mass is 16.5. The summed E-state index contributed by atoms with van der Waals surface area (Å²) >= 11 is 0. The molecule has 0 aromatic heterocycles. The van der Waals surface area contributed by atoms with Gasteiger partial charge in [-0.25, -0.2) is 0 Å². The molecule has 0 aliphatic carbocycles. The van der Waals surface area contributed by atoms with E-state index >= 15 is 0 Å². The maximum atomic E-state index is 6.22. The SMILES string of the molecule is CCC1(C)CCN(CC2CCC(CNCC(C)C)O2)CC1. The van der Waals surface area contributed by atoms with Gasteiger partial charge in [0, 0.05) is 13.1 Å². The van der Waals surface area contributed by atoms with E-state index in [0.717, 1.165) is 25.6 Å². The minimum Gasteiger partial charge on any atom is -0.372 e. The van der Waals surface area contributed by atoms with Gasteiger partial charge in [0.05, 0.1) is 12.2 Å². The quantitative estimate of drug-likeness (QED) is 0.780. The predicted octanol–water partition coefficient (Wildman–Crippen LogP) is 3.29.